The molecule has 0 spiro atoms. The molecule has 0 aromatic rings. The van der Waals surface area contributed by atoms with Crippen molar-refractivity contribution in [3.63, 3.8) is 0 Å². The van der Waals surface area contributed by atoms with Gasteiger partial charge in [-0.1, -0.05) is 310 Å². The average molecular weight is 1340 g/mol. The van der Waals surface area contributed by atoms with E-state index in [0.29, 0.717) is 23.9 Å². The maximum atomic E-state index is 12.9. The molecule has 0 saturated carbocycles. The molecule has 2 atom stereocenters. The monoisotopic (exact) mass is 1340 g/mol. The molecule has 0 N–H and O–H groups in total. The first-order valence-electron chi connectivity index (χ1n) is 37.4. The van der Waals surface area contributed by atoms with Crippen molar-refractivity contribution in [1.82, 2.24) is 0 Å². The van der Waals surface area contributed by atoms with Crippen molar-refractivity contribution < 1.29 is 42.1 Å². The van der Waals surface area contributed by atoms with Crippen LogP contribution < -0.4 is 4.89 Å². The lowest BCUT2D eigenvalue weighted by atomic mass is 10.0. The molecule has 0 saturated heterocycles. The smallest absolute Gasteiger partial charge is 0.306 e. The van der Waals surface area contributed by atoms with E-state index in [0.717, 1.165) is 148 Å². The number of quaternary nitrogens is 1. The van der Waals surface area contributed by atoms with E-state index >= 15 is 0 Å². The third kappa shape index (κ3) is 77.3. The molecule has 10 heteroatoms. The minimum absolute atomic E-state index is 0.0509. The van der Waals surface area contributed by atoms with Gasteiger partial charge in [0.2, 0.25) is 0 Å². The van der Waals surface area contributed by atoms with Gasteiger partial charge in [-0.25, -0.2) is 0 Å². The van der Waals surface area contributed by atoms with E-state index in [2.05, 4.69) is 233 Å². The summed E-state index contributed by atoms with van der Waals surface area (Å²) in [5, 5.41) is 0. The van der Waals surface area contributed by atoms with Crippen molar-refractivity contribution in [3.8, 4) is 0 Å². The number of allylic oxidation sites excluding steroid dienone is 36. The van der Waals surface area contributed by atoms with Gasteiger partial charge in [0.05, 0.1) is 27.7 Å². The van der Waals surface area contributed by atoms with Crippen LogP contribution in [0.25, 0.3) is 0 Å². The lowest BCUT2D eigenvalue weighted by Crippen LogP contribution is -2.37. The van der Waals surface area contributed by atoms with Gasteiger partial charge >= 0.3 is 11.9 Å². The largest absolute Gasteiger partial charge is 0.756 e. The molecule has 0 aliphatic heterocycles. The summed E-state index contributed by atoms with van der Waals surface area (Å²) in [6.07, 6.45) is 117. The Balaban J connectivity index is 4.19. The van der Waals surface area contributed by atoms with Gasteiger partial charge in [-0.05, 0) is 154 Å². The Hall–Kier alpha value is -5.67. The van der Waals surface area contributed by atoms with Crippen LogP contribution in [-0.2, 0) is 32.7 Å². The van der Waals surface area contributed by atoms with Gasteiger partial charge in [0.1, 0.15) is 19.8 Å². The SMILES string of the molecule is CC/C=C\C/C=C\C/C=C\C/C=C\C/C=C\C/C=C\C/C=C\C/C=C\C/C=C\C/C=C\C/C=C\C/C=C\CCCCC(=O)OC(COC(=O)CCCCCCCCCCCCCCCC/C=C\C/C=C\C/C=C\C/C=C\C/C=C\C/C=C\CC)COP(=O)([O-])OCC[N+](C)(C)C. The molecular formula is C86H136NO8P. The lowest BCUT2D eigenvalue weighted by Gasteiger charge is -2.28. The van der Waals surface area contributed by atoms with Gasteiger partial charge in [-0.3, -0.25) is 14.2 Å². The van der Waals surface area contributed by atoms with E-state index in [1.165, 1.54) is 70.6 Å². The Morgan fingerprint density at radius 2 is 0.562 bits per heavy atom. The third-order valence-electron chi connectivity index (χ3n) is 15.0. The molecule has 2 unspecified atom stereocenters. The minimum Gasteiger partial charge on any atom is -0.756 e. The molecular weight excluding hydrogens is 1210 g/mol. The Bertz CT molecular complexity index is 2430. The number of carbonyl (C=O) groups is 2. The first-order chi connectivity index (χ1) is 47.0. The quantitative estimate of drug-likeness (QED) is 0.0195. The topological polar surface area (TPSA) is 111 Å². The van der Waals surface area contributed by atoms with Crippen LogP contribution in [-0.4, -0.2) is 70.0 Å². The number of rotatable bonds is 66. The van der Waals surface area contributed by atoms with Gasteiger partial charge in [0, 0.05) is 12.8 Å². The molecule has 0 aromatic carbocycles. The van der Waals surface area contributed by atoms with Gasteiger partial charge in [0.25, 0.3) is 7.82 Å². The molecule has 96 heavy (non-hydrogen) atoms. The minimum atomic E-state index is -4.67. The second-order valence-electron chi connectivity index (χ2n) is 25.2. The maximum absolute atomic E-state index is 12.9. The highest BCUT2D eigenvalue weighted by Crippen LogP contribution is 2.38. The number of hydrogen-bond acceptors (Lipinski definition) is 8. The molecule has 0 aliphatic rings. The third-order valence-corrected chi connectivity index (χ3v) is 16.0. The number of phosphoric acid groups is 1. The van der Waals surface area contributed by atoms with Crippen molar-refractivity contribution in [1.29, 1.82) is 0 Å². The number of ether oxygens (including phenoxy) is 2. The van der Waals surface area contributed by atoms with E-state index in [9.17, 15) is 19.0 Å². The molecule has 0 aromatic heterocycles. The summed E-state index contributed by atoms with van der Waals surface area (Å²) in [6, 6.07) is 0. The van der Waals surface area contributed by atoms with Crippen molar-refractivity contribution >= 4 is 19.8 Å². The molecule has 0 amide bonds. The molecule has 9 nitrogen and oxygen atoms in total. The summed E-state index contributed by atoms with van der Waals surface area (Å²) in [4.78, 5) is 38.1. The fourth-order valence-corrected chi connectivity index (χ4v) is 10.1. The van der Waals surface area contributed by atoms with Gasteiger partial charge in [0.15, 0.2) is 6.10 Å². The number of esters is 2. The maximum Gasteiger partial charge on any atom is 0.306 e. The molecule has 0 bridgehead atoms. The predicted molar refractivity (Wildman–Crippen MR) is 415 cm³/mol. The predicted octanol–water partition coefficient (Wildman–Crippen LogP) is 24.5. The molecule has 0 aliphatic carbocycles. The lowest BCUT2D eigenvalue weighted by molar-refractivity contribution is -0.870. The Morgan fingerprint density at radius 1 is 0.323 bits per heavy atom. The average Bonchev–Trinajstić information content (AvgIpc) is 1.98. The zero-order valence-corrected chi connectivity index (χ0v) is 62.1. The van der Waals surface area contributed by atoms with Crippen LogP contribution in [0.2, 0.25) is 0 Å². The van der Waals surface area contributed by atoms with E-state index < -0.39 is 32.5 Å². The fourth-order valence-electron chi connectivity index (χ4n) is 9.35. The molecule has 0 fully saturated rings. The fraction of sp³-hybridized carbons (Fsp3) is 0.558. The van der Waals surface area contributed by atoms with Gasteiger partial charge in [-0.15, -0.1) is 0 Å². The Labute approximate surface area is 588 Å². The first-order valence-corrected chi connectivity index (χ1v) is 38.9. The number of phosphoric ester groups is 1. The molecule has 538 valence electrons. The summed E-state index contributed by atoms with van der Waals surface area (Å²) >= 11 is 0. The van der Waals surface area contributed by atoms with E-state index in [1.807, 2.05) is 21.1 Å². The summed E-state index contributed by atoms with van der Waals surface area (Å²) in [5.41, 5.74) is 0. The van der Waals surface area contributed by atoms with E-state index in [4.69, 9.17) is 18.5 Å². The van der Waals surface area contributed by atoms with E-state index in [-0.39, 0.29) is 26.1 Å². The number of unbranched alkanes of at least 4 members (excludes halogenated alkanes) is 16. The summed E-state index contributed by atoms with van der Waals surface area (Å²) in [5.74, 6) is -0.899. The van der Waals surface area contributed by atoms with Crippen molar-refractivity contribution in [2.24, 2.45) is 0 Å². The number of hydrogen-bond donors (Lipinski definition) is 0. The van der Waals surface area contributed by atoms with Gasteiger partial charge in [-0.2, -0.15) is 0 Å². The highest BCUT2D eigenvalue weighted by atomic mass is 31.2. The molecule has 0 radical (unpaired) electrons. The van der Waals surface area contributed by atoms with Crippen LogP contribution in [0.4, 0.5) is 0 Å². The zero-order valence-electron chi connectivity index (χ0n) is 61.2. The summed E-state index contributed by atoms with van der Waals surface area (Å²) in [6.45, 7) is 3.94. The van der Waals surface area contributed by atoms with Crippen LogP contribution in [0.3, 0.4) is 0 Å². The highest BCUT2D eigenvalue weighted by Gasteiger charge is 2.22. The Morgan fingerprint density at radius 3 is 0.854 bits per heavy atom. The van der Waals surface area contributed by atoms with Gasteiger partial charge < -0.3 is 27.9 Å². The number of nitrogens with zero attached hydrogens (tertiary/aromatic N) is 1. The second-order valence-corrected chi connectivity index (χ2v) is 26.6. The molecule has 0 rings (SSSR count). The van der Waals surface area contributed by atoms with Crippen LogP contribution in [0.5, 0.6) is 0 Å². The van der Waals surface area contributed by atoms with Crippen LogP contribution >= 0.6 is 7.82 Å². The van der Waals surface area contributed by atoms with Crippen molar-refractivity contribution in [2.75, 3.05) is 47.5 Å². The Kier molecular flexibility index (Phi) is 69.2. The summed E-state index contributed by atoms with van der Waals surface area (Å²) in [7, 11) is 1.11. The molecule has 0 heterocycles. The van der Waals surface area contributed by atoms with Crippen LogP contribution in [0.15, 0.2) is 219 Å². The zero-order chi connectivity index (χ0) is 69.7. The van der Waals surface area contributed by atoms with Crippen LogP contribution in [0, 0.1) is 0 Å². The number of carbonyl (C=O) groups excluding carboxylic acids is 2. The van der Waals surface area contributed by atoms with E-state index in [1.54, 1.807) is 0 Å². The number of likely N-dealkylation sites (N-methyl/N-ethyl adjacent to an activating group) is 1. The second kappa shape index (κ2) is 73.6. The van der Waals surface area contributed by atoms with Crippen LogP contribution in [0.1, 0.15) is 258 Å². The summed E-state index contributed by atoms with van der Waals surface area (Å²) < 4.78 is 34.3. The highest BCUT2D eigenvalue weighted by molar-refractivity contribution is 7.45. The van der Waals surface area contributed by atoms with Crippen molar-refractivity contribution in [2.45, 2.75) is 264 Å². The normalized spacial score (nSPS) is 14.4. The van der Waals surface area contributed by atoms with Crippen molar-refractivity contribution in [3.05, 3.63) is 219 Å². The standard InChI is InChI=1S/C86H136NO8P/c1-6-8-10-12-14-16-18-20-22-24-26-28-30-32-34-36-38-40-41-42-43-44-45-47-49-51-53-55-57-59-61-63-65-67-69-71-73-75-77-79-86(89)95-84(83-94-96(90,91)93-81-80-87(3,4)5)82-92-85(88)78-76-74-72-70-68-66-64-62-60-58-56-54-52-50-48-46-39-37-35-33-31-29-27-25-23-21-19-17-15-13-11-9-7-2/h8-11,14-17,20-23,26-29,32-35,38-40,42-43,45-47,51,53,57,59,63,65,69,71,84H,6-7,12-13,18-19,24-25,30-31,36-37,41,44,48-50,52,54-56,58,60-62,64,66-68,70,72-83H2,1-5H3/b10-8-,11-9-,16-14-,17-15-,22-20-,23-21-,28-26-,29-27-,34-32-,35-33-,40-38-,43-42-,46-39-,47-45-,53-51-,59-57-,65-63-,71-69-. The first kappa shape index (κ1) is 90.3.